The van der Waals surface area contributed by atoms with E-state index < -0.39 is 10.9 Å². The van der Waals surface area contributed by atoms with Gasteiger partial charge in [0.1, 0.15) is 12.4 Å². The van der Waals surface area contributed by atoms with Crippen LogP contribution in [0.1, 0.15) is 15.9 Å². The number of nitrogens with zero attached hydrogens (tertiary/aromatic N) is 1. The second kappa shape index (κ2) is 5.83. The maximum Gasteiger partial charge on any atom is 0.335 e. The lowest BCUT2D eigenvalue weighted by molar-refractivity contribution is -0.384. The zero-order valence-electron chi connectivity index (χ0n) is 10.4. The smallest absolute Gasteiger partial charge is 0.335 e. The van der Waals surface area contributed by atoms with Gasteiger partial charge in [-0.1, -0.05) is 0 Å². The molecule has 0 aliphatic heterocycles. The van der Waals surface area contributed by atoms with Crippen molar-refractivity contribution in [2.24, 2.45) is 0 Å². The summed E-state index contributed by atoms with van der Waals surface area (Å²) < 4.78 is 5.46. The summed E-state index contributed by atoms with van der Waals surface area (Å²) >= 11 is 0. The molecule has 0 aliphatic rings. The Kier molecular flexibility index (Phi) is 3.95. The number of carboxylic acid groups (broad SMARTS) is 1. The number of nitro groups is 1. The molecule has 2 aromatic carbocycles. The number of benzene rings is 2. The molecule has 0 saturated carbocycles. The number of carbonyl (C=O) groups is 1. The number of hydrogen-bond acceptors (Lipinski definition) is 4. The molecule has 0 aromatic heterocycles. The summed E-state index contributed by atoms with van der Waals surface area (Å²) in [6.45, 7) is 0.254. The van der Waals surface area contributed by atoms with Crippen LogP contribution in [0.4, 0.5) is 5.69 Å². The minimum atomic E-state index is -0.994. The van der Waals surface area contributed by atoms with Crippen molar-refractivity contribution in [3.05, 3.63) is 69.8 Å². The Hall–Kier alpha value is -2.89. The second-order valence-electron chi connectivity index (χ2n) is 4.04. The number of carboxylic acids is 1. The average molecular weight is 273 g/mol. The highest BCUT2D eigenvalue weighted by molar-refractivity contribution is 5.87. The molecule has 1 N–H and O–H groups in total. The Morgan fingerprint density at radius 1 is 1.10 bits per heavy atom. The van der Waals surface area contributed by atoms with E-state index in [1.807, 2.05) is 0 Å². The van der Waals surface area contributed by atoms with Crippen LogP contribution in [0, 0.1) is 10.1 Å². The molecule has 102 valence electrons. The zero-order valence-corrected chi connectivity index (χ0v) is 10.4. The molecule has 0 amide bonds. The van der Waals surface area contributed by atoms with E-state index in [-0.39, 0.29) is 17.9 Å². The van der Waals surface area contributed by atoms with Gasteiger partial charge in [0.15, 0.2) is 0 Å². The fraction of sp³-hybridized carbons (Fsp3) is 0.0714. The van der Waals surface area contributed by atoms with E-state index in [9.17, 15) is 14.9 Å². The number of aromatic carboxylic acids is 1. The van der Waals surface area contributed by atoms with Gasteiger partial charge in [-0.05, 0) is 42.0 Å². The molecular formula is C14H11NO5. The summed E-state index contributed by atoms with van der Waals surface area (Å²) in [5, 5.41) is 19.3. The van der Waals surface area contributed by atoms with Gasteiger partial charge in [-0.15, -0.1) is 0 Å². The number of ether oxygens (including phenoxy) is 1. The standard InChI is InChI=1S/C14H11NO5/c16-14(17)11-3-7-13(8-4-11)20-9-10-1-5-12(6-2-10)15(18)19/h1-8H,9H2,(H,16,17). The van der Waals surface area contributed by atoms with Crippen molar-refractivity contribution in [2.45, 2.75) is 6.61 Å². The number of nitro benzene ring substituents is 1. The average Bonchev–Trinajstić information content (AvgIpc) is 2.46. The second-order valence-corrected chi connectivity index (χ2v) is 4.04. The van der Waals surface area contributed by atoms with Crippen LogP contribution in [0.15, 0.2) is 48.5 Å². The number of rotatable bonds is 5. The van der Waals surface area contributed by atoms with Gasteiger partial charge < -0.3 is 9.84 Å². The first-order valence-electron chi connectivity index (χ1n) is 5.76. The molecule has 6 heteroatoms. The third-order valence-electron chi connectivity index (χ3n) is 2.65. The van der Waals surface area contributed by atoms with E-state index in [0.29, 0.717) is 5.75 Å². The van der Waals surface area contributed by atoms with E-state index in [4.69, 9.17) is 9.84 Å². The lowest BCUT2D eigenvalue weighted by Crippen LogP contribution is -1.98. The molecule has 0 radical (unpaired) electrons. The Bertz CT molecular complexity index is 562. The zero-order chi connectivity index (χ0) is 14.5. The topological polar surface area (TPSA) is 89.7 Å². The minimum Gasteiger partial charge on any atom is -0.489 e. The largest absolute Gasteiger partial charge is 0.489 e. The molecule has 0 aliphatic carbocycles. The van der Waals surface area contributed by atoms with Crippen molar-refractivity contribution in [1.82, 2.24) is 0 Å². The number of hydrogen-bond donors (Lipinski definition) is 1. The molecule has 0 unspecified atom stereocenters. The van der Waals surface area contributed by atoms with Crippen LogP contribution in [-0.4, -0.2) is 16.0 Å². The first kappa shape index (κ1) is 13.5. The molecule has 20 heavy (non-hydrogen) atoms. The Balaban J connectivity index is 1.97. The van der Waals surface area contributed by atoms with Crippen molar-refractivity contribution in [3.63, 3.8) is 0 Å². The van der Waals surface area contributed by atoms with Gasteiger partial charge in [0.2, 0.25) is 0 Å². The van der Waals surface area contributed by atoms with Gasteiger partial charge in [-0.25, -0.2) is 4.79 Å². The molecule has 0 spiro atoms. The predicted molar refractivity (Wildman–Crippen MR) is 70.8 cm³/mol. The van der Waals surface area contributed by atoms with Crippen molar-refractivity contribution in [1.29, 1.82) is 0 Å². The van der Waals surface area contributed by atoms with E-state index >= 15 is 0 Å². The molecule has 0 fully saturated rings. The predicted octanol–water partition coefficient (Wildman–Crippen LogP) is 2.87. The van der Waals surface area contributed by atoms with Crippen molar-refractivity contribution < 1.29 is 19.6 Å². The minimum absolute atomic E-state index is 0.0274. The fourth-order valence-corrected chi connectivity index (χ4v) is 1.57. The van der Waals surface area contributed by atoms with Crippen LogP contribution in [-0.2, 0) is 6.61 Å². The van der Waals surface area contributed by atoms with E-state index in [1.54, 1.807) is 24.3 Å². The Labute approximate surface area is 114 Å². The van der Waals surface area contributed by atoms with Gasteiger partial charge in [-0.2, -0.15) is 0 Å². The van der Waals surface area contributed by atoms with E-state index in [1.165, 1.54) is 24.3 Å². The molecular weight excluding hydrogens is 262 g/mol. The highest BCUT2D eigenvalue weighted by Crippen LogP contribution is 2.16. The molecule has 0 heterocycles. The molecule has 2 aromatic rings. The van der Waals surface area contributed by atoms with E-state index in [0.717, 1.165) is 5.56 Å². The lowest BCUT2D eigenvalue weighted by Gasteiger charge is -2.06. The monoisotopic (exact) mass is 273 g/mol. The van der Waals surface area contributed by atoms with Gasteiger partial charge in [0.05, 0.1) is 10.5 Å². The first-order valence-corrected chi connectivity index (χ1v) is 5.76. The van der Waals surface area contributed by atoms with E-state index in [2.05, 4.69) is 0 Å². The lowest BCUT2D eigenvalue weighted by atomic mass is 10.2. The van der Waals surface area contributed by atoms with Gasteiger partial charge in [0.25, 0.3) is 5.69 Å². The highest BCUT2D eigenvalue weighted by Gasteiger charge is 2.05. The Morgan fingerprint density at radius 2 is 1.70 bits per heavy atom. The van der Waals surface area contributed by atoms with Crippen LogP contribution in [0.5, 0.6) is 5.75 Å². The highest BCUT2D eigenvalue weighted by atomic mass is 16.6. The summed E-state index contributed by atoms with van der Waals surface area (Å²) in [5.74, 6) is -0.458. The van der Waals surface area contributed by atoms with Crippen LogP contribution in [0.2, 0.25) is 0 Å². The maximum absolute atomic E-state index is 10.7. The van der Waals surface area contributed by atoms with Crippen LogP contribution < -0.4 is 4.74 Å². The molecule has 0 atom stereocenters. The Morgan fingerprint density at radius 3 is 2.20 bits per heavy atom. The summed E-state index contributed by atoms with van der Waals surface area (Å²) in [5.41, 5.74) is 1.00. The van der Waals surface area contributed by atoms with Crippen LogP contribution in [0.3, 0.4) is 0 Å². The van der Waals surface area contributed by atoms with Crippen molar-refractivity contribution >= 4 is 11.7 Å². The first-order chi connectivity index (χ1) is 9.56. The fourth-order valence-electron chi connectivity index (χ4n) is 1.57. The SMILES string of the molecule is O=C(O)c1ccc(OCc2ccc([N+](=O)[O-])cc2)cc1. The van der Waals surface area contributed by atoms with Gasteiger partial charge >= 0.3 is 5.97 Å². The molecule has 0 saturated heterocycles. The molecule has 6 nitrogen and oxygen atoms in total. The number of non-ortho nitro benzene ring substituents is 1. The summed E-state index contributed by atoms with van der Waals surface area (Å²) in [7, 11) is 0. The summed E-state index contributed by atoms with van der Waals surface area (Å²) in [6, 6.07) is 12.1. The van der Waals surface area contributed by atoms with Crippen molar-refractivity contribution in [3.8, 4) is 5.75 Å². The molecule has 2 rings (SSSR count). The quantitative estimate of drug-likeness (QED) is 0.668. The third kappa shape index (κ3) is 3.32. The molecule has 0 bridgehead atoms. The third-order valence-corrected chi connectivity index (χ3v) is 2.65. The summed E-state index contributed by atoms with van der Waals surface area (Å²) in [4.78, 5) is 20.7. The summed E-state index contributed by atoms with van der Waals surface area (Å²) in [6.07, 6.45) is 0. The maximum atomic E-state index is 10.7. The van der Waals surface area contributed by atoms with Gasteiger partial charge in [0, 0.05) is 12.1 Å². The van der Waals surface area contributed by atoms with Crippen LogP contribution >= 0.6 is 0 Å². The van der Waals surface area contributed by atoms with Crippen molar-refractivity contribution in [2.75, 3.05) is 0 Å². The van der Waals surface area contributed by atoms with Gasteiger partial charge in [-0.3, -0.25) is 10.1 Å². The normalized spacial score (nSPS) is 10.0. The van der Waals surface area contributed by atoms with Crippen LogP contribution in [0.25, 0.3) is 0 Å².